The Balaban J connectivity index is 4.16. The van der Waals surface area contributed by atoms with Gasteiger partial charge < -0.3 is 10.1 Å². The zero-order chi connectivity index (χ0) is 14.1. The van der Waals surface area contributed by atoms with E-state index in [2.05, 4.69) is 37.9 Å². The molecule has 0 rings (SSSR count). The van der Waals surface area contributed by atoms with Crippen LogP contribution in [0.15, 0.2) is 0 Å². The maximum Gasteiger partial charge on any atom is 0.234 e. The molecule has 0 aromatic heterocycles. The topological polar surface area (TPSA) is 41.6 Å². The van der Waals surface area contributed by atoms with E-state index in [0.717, 1.165) is 13.1 Å². The number of rotatable bonds is 9. The number of carbonyl (C=O) groups excluding carboxylic acids is 1. The molecule has 0 heterocycles. The van der Waals surface area contributed by atoms with Gasteiger partial charge in [0, 0.05) is 26.2 Å². The van der Waals surface area contributed by atoms with Crippen LogP contribution in [0.25, 0.3) is 0 Å². The normalized spacial score (nSPS) is 13.4. The first-order valence-electron chi connectivity index (χ1n) is 6.85. The quantitative estimate of drug-likeness (QED) is 0.685. The third-order valence-corrected chi connectivity index (χ3v) is 2.44. The van der Waals surface area contributed by atoms with Gasteiger partial charge in [-0.2, -0.15) is 0 Å². The molecule has 0 aliphatic carbocycles. The van der Waals surface area contributed by atoms with Crippen molar-refractivity contribution in [2.24, 2.45) is 11.8 Å². The third kappa shape index (κ3) is 9.42. The minimum absolute atomic E-state index is 0.0717. The van der Waals surface area contributed by atoms with Gasteiger partial charge in [-0.1, -0.05) is 27.7 Å². The van der Waals surface area contributed by atoms with Crippen LogP contribution in [0.5, 0.6) is 0 Å². The van der Waals surface area contributed by atoms with Crippen molar-refractivity contribution in [2.45, 2.75) is 40.7 Å². The first-order valence-corrected chi connectivity index (χ1v) is 6.85. The molecule has 0 aromatic carbocycles. The minimum atomic E-state index is 0.0717. The fraction of sp³-hybridized carbons (Fsp3) is 0.929. The maximum absolute atomic E-state index is 11.9. The van der Waals surface area contributed by atoms with Gasteiger partial charge in [-0.15, -0.1) is 0 Å². The summed E-state index contributed by atoms with van der Waals surface area (Å²) in [7, 11) is 1.65. The van der Waals surface area contributed by atoms with E-state index < -0.39 is 0 Å². The number of ether oxygens (including phenoxy) is 1. The number of methoxy groups -OCH3 is 1. The van der Waals surface area contributed by atoms with Crippen LogP contribution in [-0.4, -0.2) is 50.2 Å². The van der Waals surface area contributed by atoms with Crippen molar-refractivity contribution in [1.29, 1.82) is 0 Å². The molecule has 0 aromatic rings. The molecule has 4 heteroatoms. The van der Waals surface area contributed by atoms with Crippen LogP contribution in [0.1, 0.15) is 34.6 Å². The summed E-state index contributed by atoms with van der Waals surface area (Å²) in [6, 6.07) is 0.0717. The molecule has 18 heavy (non-hydrogen) atoms. The summed E-state index contributed by atoms with van der Waals surface area (Å²) in [5.41, 5.74) is 0. The Kier molecular flexibility index (Phi) is 9.02. The van der Waals surface area contributed by atoms with Gasteiger partial charge in [-0.05, 0) is 18.8 Å². The molecule has 4 nitrogen and oxygen atoms in total. The summed E-state index contributed by atoms with van der Waals surface area (Å²) in [5.74, 6) is 1.24. The smallest absolute Gasteiger partial charge is 0.234 e. The van der Waals surface area contributed by atoms with Crippen molar-refractivity contribution in [3.63, 3.8) is 0 Å². The molecular weight excluding hydrogens is 228 g/mol. The Morgan fingerprint density at radius 1 is 1.11 bits per heavy atom. The van der Waals surface area contributed by atoms with Crippen molar-refractivity contribution in [3.8, 4) is 0 Å². The van der Waals surface area contributed by atoms with Crippen LogP contribution in [-0.2, 0) is 9.53 Å². The summed E-state index contributed by atoms with van der Waals surface area (Å²) in [5, 5.41) is 2.95. The van der Waals surface area contributed by atoms with E-state index in [0.29, 0.717) is 25.0 Å². The molecule has 0 radical (unpaired) electrons. The second kappa shape index (κ2) is 9.34. The second-order valence-electron chi connectivity index (χ2n) is 5.91. The van der Waals surface area contributed by atoms with Gasteiger partial charge in [0.2, 0.25) is 5.91 Å². The first-order chi connectivity index (χ1) is 8.35. The van der Waals surface area contributed by atoms with Gasteiger partial charge in [0.1, 0.15) is 0 Å². The average molecular weight is 258 g/mol. The molecule has 0 aliphatic rings. The van der Waals surface area contributed by atoms with E-state index in [1.165, 1.54) is 0 Å². The van der Waals surface area contributed by atoms with E-state index in [9.17, 15) is 4.79 Å². The number of nitrogens with zero attached hydrogens (tertiary/aromatic N) is 1. The first kappa shape index (κ1) is 17.4. The summed E-state index contributed by atoms with van der Waals surface area (Å²) in [6.45, 7) is 13.6. The Morgan fingerprint density at radius 3 is 2.00 bits per heavy atom. The zero-order valence-electron chi connectivity index (χ0n) is 12.8. The molecule has 1 N–H and O–H groups in total. The minimum Gasteiger partial charge on any atom is -0.383 e. The number of hydrogen-bond acceptors (Lipinski definition) is 3. The van der Waals surface area contributed by atoms with Crippen LogP contribution >= 0.6 is 0 Å². The Hall–Kier alpha value is -0.610. The van der Waals surface area contributed by atoms with Crippen LogP contribution in [0.4, 0.5) is 0 Å². The number of nitrogens with one attached hydrogen (secondary N) is 1. The highest BCUT2D eigenvalue weighted by Gasteiger charge is 2.14. The van der Waals surface area contributed by atoms with Crippen LogP contribution < -0.4 is 5.32 Å². The Bertz CT molecular complexity index is 220. The SMILES string of the molecule is COCC(C)NC(=O)CN(CC(C)C)CC(C)C. The molecular formula is C14H30N2O2. The van der Waals surface area contributed by atoms with Crippen molar-refractivity contribution in [1.82, 2.24) is 10.2 Å². The van der Waals surface area contributed by atoms with E-state index in [1.54, 1.807) is 7.11 Å². The summed E-state index contributed by atoms with van der Waals surface area (Å²) >= 11 is 0. The van der Waals surface area contributed by atoms with Gasteiger partial charge in [-0.3, -0.25) is 9.69 Å². The number of hydrogen-bond donors (Lipinski definition) is 1. The molecule has 1 atom stereocenters. The second-order valence-corrected chi connectivity index (χ2v) is 5.91. The van der Waals surface area contributed by atoms with Gasteiger partial charge in [0.05, 0.1) is 13.2 Å². The predicted molar refractivity (Wildman–Crippen MR) is 75.6 cm³/mol. The van der Waals surface area contributed by atoms with Crippen molar-refractivity contribution in [3.05, 3.63) is 0 Å². The summed E-state index contributed by atoms with van der Waals surface area (Å²) in [4.78, 5) is 14.1. The third-order valence-electron chi connectivity index (χ3n) is 2.44. The molecule has 0 fully saturated rings. The molecule has 0 bridgehead atoms. The average Bonchev–Trinajstić information content (AvgIpc) is 2.14. The highest BCUT2D eigenvalue weighted by atomic mass is 16.5. The molecule has 0 aliphatic heterocycles. The molecule has 1 unspecified atom stereocenters. The highest BCUT2D eigenvalue weighted by Crippen LogP contribution is 2.03. The van der Waals surface area contributed by atoms with Crippen LogP contribution in [0, 0.1) is 11.8 Å². The van der Waals surface area contributed by atoms with Crippen LogP contribution in [0.3, 0.4) is 0 Å². The van der Waals surface area contributed by atoms with E-state index in [4.69, 9.17) is 4.74 Å². The van der Waals surface area contributed by atoms with Crippen molar-refractivity contribution >= 4 is 5.91 Å². The predicted octanol–water partition coefficient (Wildman–Crippen LogP) is 1.75. The molecule has 108 valence electrons. The fourth-order valence-electron chi connectivity index (χ4n) is 2.05. The van der Waals surface area contributed by atoms with Crippen LogP contribution in [0.2, 0.25) is 0 Å². The Labute approximate surface area is 112 Å². The summed E-state index contributed by atoms with van der Waals surface area (Å²) < 4.78 is 5.01. The van der Waals surface area contributed by atoms with Gasteiger partial charge in [-0.25, -0.2) is 0 Å². The number of amides is 1. The van der Waals surface area contributed by atoms with E-state index in [-0.39, 0.29) is 11.9 Å². The van der Waals surface area contributed by atoms with Gasteiger partial charge >= 0.3 is 0 Å². The number of carbonyl (C=O) groups is 1. The Morgan fingerprint density at radius 2 is 1.61 bits per heavy atom. The van der Waals surface area contributed by atoms with Crippen molar-refractivity contribution in [2.75, 3.05) is 33.4 Å². The zero-order valence-corrected chi connectivity index (χ0v) is 12.8. The monoisotopic (exact) mass is 258 g/mol. The fourth-order valence-corrected chi connectivity index (χ4v) is 2.05. The lowest BCUT2D eigenvalue weighted by molar-refractivity contribution is -0.123. The van der Waals surface area contributed by atoms with Gasteiger partial charge in [0.15, 0.2) is 0 Å². The summed E-state index contributed by atoms with van der Waals surface area (Å²) in [6.07, 6.45) is 0. The molecule has 1 amide bonds. The largest absolute Gasteiger partial charge is 0.383 e. The van der Waals surface area contributed by atoms with E-state index in [1.807, 2.05) is 6.92 Å². The lowest BCUT2D eigenvalue weighted by Crippen LogP contribution is -2.44. The van der Waals surface area contributed by atoms with E-state index >= 15 is 0 Å². The molecule has 0 saturated carbocycles. The highest BCUT2D eigenvalue weighted by molar-refractivity contribution is 5.78. The van der Waals surface area contributed by atoms with Crippen molar-refractivity contribution < 1.29 is 9.53 Å². The molecule has 0 spiro atoms. The lowest BCUT2D eigenvalue weighted by atomic mass is 10.1. The van der Waals surface area contributed by atoms with Gasteiger partial charge in [0.25, 0.3) is 0 Å². The lowest BCUT2D eigenvalue weighted by Gasteiger charge is -2.26. The standard InChI is InChI=1S/C14H30N2O2/c1-11(2)7-16(8-12(3)4)9-14(17)15-13(5)10-18-6/h11-13H,7-10H2,1-6H3,(H,15,17). The maximum atomic E-state index is 11.9. The molecule has 0 saturated heterocycles.